The number of hydrogen-bond acceptors (Lipinski definition) is 2. The van der Waals surface area contributed by atoms with Crippen molar-refractivity contribution in [1.82, 2.24) is 10.3 Å². The fourth-order valence-corrected chi connectivity index (χ4v) is 2.70. The molecule has 1 aliphatic rings. The fourth-order valence-electron chi connectivity index (χ4n) is 2.70. The van der Waals surface area contributed by atoms with Crippen molar-refractivity contribution in [2.24, 2.45) is 0 Å². The average molecular weight is 254 g/mol. The van der Waals surface area contributed by atoms with Crippen molar-refractivity contribution >= 4 is 16.8 Å². The van der Waals surface area contributed by atoms with E-state index in [9.17, 15) is 4.79 Å². The van der Waals surface area contributed by atoms with Crippen molar-refractivity contribution in [2.45, 2.75) is 38.1 Å². The van der Waals surface area contributed by atoms with Crippen LogP contribution in [0.3, 0.4) is 0 Å². The molecule has 1 aliphatic carbocycles. The average Bonchev–Trinajstić information content (AvgIpc) is 2.48. The van der Waals surface area contributed by atoms with Crippen LogP contribution in [0.25, 0.3) is 10.9 Å². The summed E-state index contributed by atoms with van der Waals surface area (Å²) in [7, 11) is 0. The van der Waals surface area contributed by atoms with Gasteiger partial charge in [-0.05, 0) is 25.0 Å². The van der Waals surface area contributed by atoms with Crippen molar-refractivity contribution < 1.29 is 4.79 Å². The highest BCUT2D eigenvalue weighted by Crippen LogP contribution is 2.18. The number of rotatable bonds is 2. The highest BCUT2D eigenvalue weighted by Gasteiger charge is 2.17. The highest BCUT2D eigenvalue weighted by atomic mass is 16.1. The van der Waals surface area contributed by atoms with Crippen LogP contribution in [0.1, 0.15) is 42.6 Å². The Labute approximate surface area is 113 Å². The first kappa shape index (κ1) is 12.2. The second kappa shape index (κ2) is 5.39. The normalized spacial score (nSPS) is 16.4. The molecule has 19 heavy (non-hydrogen) atoms. The molecule has 3 rings (SSSR count). The SMILES string of the molecule is O=C(NC1CCCCC1)c1ccc2ccccc2n1. The van der Waals surface area contributed by atoms with Crippen molar-refractivity contribution in [3.8, 4) is 0 Å². The smallest absolute Gasteiger partial charge is 0.270 e. The molecule has 98 valence electrons. The lowest BCUT2D eigenvalue weighted by Crippen LogP contribution is -2.36. The highest BCUT2D eigenvalue weighted by molar-refractivity contribution is 5.95. The Morgan fingerprint density at radius 1 is 1.05 bits per heavy atom. The molecule has 0 saturated heterocycles. The Kier molecular flexibility index (Phi) is 3.45. The van der Waals surface area contributed by atoms with Crippen LogP contribution < -0.4 is 5.32 Å². The number of nitrogens with zero attached hydrogens (tertiary/aromatic N) is 1. The van der Waals surface area contributed by atoms with Gasteiger partial charge in [0.1, 0.15) is 5.69 Å². The summed E-state index contributed by atoms with van der Waals surface area (Å²) in [5, 5.41) is 4.16. The molecular formula is C16H18N2O. The summed E-state index contributed by atoms with van der Waals surface area (Å²) in [6, 6.07) is 12.0. The third-order valence-electron chi connectivity index (χ3n) is 3.77. The molecule has 0 radical (unpaired) electrons. The predicted molar refractivity (Wildman–Crippen MR) is 76.1 cm³/mol. The number of amides is 1. The zero-order valence-corrected chi connectivity index (χ0v) is 10.9. The van der Waals surface area contributed by atoms with Gasteiger partial charge in [-0.2, -0.15) is 0 Å². The molecule has 0 aliphatic heterocycles. The first-order valence-electron chi connectivity index (χ1n) is 6.99. The zero-order chi connectivity index (χ0) is 13.1. The molecular weight excluding hydrogens is 236 g/mol. The van der Waals surface area contributed by atoms with Crippen LogP contribution in [0.2, 0.25) is 0 Å². The van der Waals surface area contributed by atoms with Gasteiger partial charge in [-0.15, -0.1) is 0 Å². The number of hydrogen-bond donors (Lipinski definition) is 1. The maximum atomic E-state index is 12.2. The van der Waals surface area contributed by atoms with Crippen molar-refractivity contribution in [3.05, 3.63) is 42.1 Å². The minimum absolute atomic E-state index is 0.0438. The van der Waals surface area contributed by atoms with Gasteiger partial charge in [-0.1, -0.05) is 43.5 Å². The maximum absolute atomic E-state index is 12.2. The van der Waals surface area contributed by atoms with Gasteiger partial charge < -0.3 is 5.32 Å². The first-order valence-corrected chi connectivity index (χ1v) is 6.99. The van der Waals surface area contributed by atoms with Crippen LogP contribution in [-0.4, -0.2) is 16.9 Å². The Morgan fingerprint density at radius 3 is 2.68 bits per heavy atom. The van der Waals surface area contributed by atoms with Crippen LogP contribution in [0.5, 0.6) is 0 Å². The van der Waals surface area contributed by atoms with E-state index in [2.05, 4.69) is 10.3 Å². The molecule has 0 bridgehead atoms. The molecule has 3 nitrogen and oxygen atoms in total. The largest absolute Gasteiger partial charge is 0.348 e. The molecule has 1 fully saturated rings. The predicted octanol–water partition coefficient (Wildman–Crippen LogP) is 3.30. The molecule has 1 aromatic heterocycles. The standard InChI is InChI=1S/C16H18N2O/c19-16(17-13-7-2-1-3-8-13)15-11-10-12-6-4-5-9-14(12)18-15/h4-6,9-11,13H,1-3,7-8H2,(H,17,19). The number of para-hydroxylation sites is 1. The summed E-state index contributed by atoms with van der Waals surface area (Å²) in [6.07, 6.45) is 5.92. The van der Waals surface area contributed by atoms with E-state index < -0.39 is 0 Å². The lowest BCUT2D eigenvalue weighted by atomic mass is 9.95. The summed E-state index contributed by atoms with van der Waals surface area (Å²) in [4.78, 5) is 16.6. The van der Waals surface area contributed by atoms with Crippen LogP contribution in [0.15, 0.2) is 36.4 Å². The summed E-state index contributed by atoms with van der Waals surface area (Å²) in [6.45, 7) is 0. The summed E-state index contributed by atoms with van der Waals surface area (Å²) >= 11 is 0. The monoisotopic (exact) mass is 254 g/mol. The maximum Gasteiger partial charge on any atom is 0.270 e. The molecule has 3 heteroatoms. The van der Waals surface area contributed by atoms with Gasteiger partial charge in [0, 0.05) is 11.4 Å². The van der Waals surface area contributed by atoms with Gasteiger partial charge in [0.05, 0.1) is 5.52 Å². The van der Waals surface area contributed by atoms with Crippen LogP contribution in [0, 0.1) is 0 Å². The number of carbonyl (C=O) groups is 1. The van der Waals surface area contributed by atoms with Crippen LogP contribution in [0.4, 0.5) is 0 Å². The summed E-state index contributed by atoms with van der Waals surface area (Å²) in [5.74, 6) is -0.0438. The van der Waals surface area contributed by atoms with E-state index in [0.717, 1.165) is 23.7 Å². The van der Waals surface area contributed by atoms with E-state index in [-0.39, 0.29) is 5.91 Å². The first-order chi connectivity index (χ1) is 9.33. The molecule has 1 aromatic carbocycles. The van der Waals surface area contributed by atoms with Gasteiger partial charge >= 0.3 is 0 Å². The van der Waals surface area contributed by atoms with Crippen LogP contribution in [-0.2, 0) is 0 Å². The number of aromatic nitrogens is 1. The lowest BCUT2D eigenvalue weighted by Gasteiger charge is -2.22. The molecule has 1 N–H and O–H groups in total. The van der Waals surface area contributed by atoms with E-state index in [1.54, 1.807) is 6.07 Å². The number of pyridine rings is 1. The molecule has 0 atom stereocenters. The Morgan fingerprint density at radius 2 is 1.84 bits per heavy atom. The zero-order valence-electron chi connectivity index (χ0n) is 10.9. The number of benzene rings is 1. The lowest BCUT2D eigenvalue weighted by molar-refractivity contribution is 0.0923. The van der Waals surface area contributed by atoms with E-state index in [4.69, 9.17) is 0 Å². The minimum Gasteiger partial charge on any atom is -0.348 e. The van der Waals surface area contributed by atoms with E-state index >= 15 is 0 Å². The third-order valence-corrected chi connectivity index (χ3v) is 3.77. The molecule has 1 heterocycles. The summed E-state index contributed by atoms with van der Waals surface area (Å²) < 4.78 is 0. The van der Waals surface area contributed by atoms with Gasteiger partial charge in [0.15, 0.2) is 0 Å². The van der Waals surface area contributed by atoms with E-state index in [1.807, 2.05) is 30.3 Å². The molecule has 0 unspecified atom stereocenters. The number of carbonyl (C=O) groups excluding carboxylic acids is 1. The number of fused-ring (bicyclic) bond motifs is 1. The van der Waals surface area contributed by atoms with Gasteiger partial charge in [-0.3, -0.25) is 4.79 Å². The second-order valence-corrected chi connectivity index (χ2v) is 5.20. The topological polar surface area (TPSA) is 42.0 Å². The third kappa shape index (κ3) is 2.75. The van der Waals surface area contributed by atoms with E-state index in [1.165, 1.54) is 19.3 Å². The van der Waals surface area contributed by atoms with Crippen LogP contribution >= 0.6 is 0 Å². The second-order valence-electron chi connectivity index (χ2n) is 5.20. The van der Waals surface area contributed by atoms with E-state index in [0.29, 0.717) is 11.7 Å². The van der Waals surface area contributed by atoms with Gasteiger partial charge in [0.2, 0.25) is 0 Å². The Bertz CT molecular complexity index is 588. The Balaban J connectivity index is 1.77. The molecule has 2 aromatic rings. The van der Waals surface area contributed by atoms with Gasteiger partial charge in [0.25, 0.3) is 5.91 Å². The fraction of sp³-hybridized carbons (Fsp3) is 0.375. The molecule has 1 saturated carbocycles. The molecule has 1 amide bonds. The Hall–Kier alpha value is -1.90. The summed E-state index contributed by atoms with van der Waals surface area (Å²) in [5.41, 5.74) is 1.39. The molecule has 0 spiro atoms. The van der Waals surface area contributed by atoms with Gasteiger partial charge in [-0.25, -0.2) is 4.98 Å². The van der Waals surface area contributed by atoms with Crippen molar-refractivity contribution in [3.63, 3.8) is 0 Å². The minimum atomic E-state index is -0.0438. The van der Waals surface area contributed by atoms with Crippen molar-refractivity contribution in [2.75, 3.05) is 0 Å². The quantitative estimate of drug-likeness (QED) is 0.893. The van der Waals surface area contributed by atoms with Crippen molar-refractivity contribution in [1.29, 1.82) is 0 Å². The number of nitrogens with one attached hydrogen (secondary N) is 1.